The van der Waals surface area contributed by atoms with Crippen LogP contribution in [0, 0.1) is 18.8 Å². The normalized spacial score (nSPS) is 16.1. The zero-order chi connectivity index (χ0) is 23.2. The number of piperidine rings is 1. The highest BCUT2D eigenvalue weighted by molar-refractivity contribution is 5.79. The predicted molar refractivity (Wildman–Crippen MR) is 129 cm³/mol. The SMILES string of the molecule is Cc1cccc(-c2noc(CN3CCC(C(=O)NC(CC(C)C)c4ccccc4)CC3)n2)c1. The number of rotatable bonds is 8. The molecule has 6 heteroatoms. The molecule has 1 aliphatic heterocycles. The highest BCUT2D eigenvalue weighted by atomic mass is 16.5. The zero-order valence-corrected chi connectivity index (χ0v) is 19.8. The van der Waals surface area contributed by atoms with E-state index in [1.54, 1.807) is 0 Å². The number of carbonyl (C=O) groups is 1. The van der Waals surface area contributed by atoms with Crippen molar-refractivity contribution in [3.05, 3.63) is 71.6 Å². The van der Waals surface area contributed by atoms with Crippen LogP contribution in [0.3, 0.4) is 0 Å². The molecule has 1 unspecified atom stereocenters. The number of likely N-dealkylation sites (tertiary alicyclic amines) is 1. The number of aryl methyl sites for hydroxylation is 1. The van der Waals surface area contributed by atoms with E-state index in [9.17, 15) is 4.79 Å². The van der Waals surface area contributed by atoms with Crippen LogP contribution in [0.5, 0.6) is 0 Å². The maximum absolute atomic E-state index is 13.0. The summed E-state index contributed by atoms with van der Waals surface area (Å²) in [7, 11) is 0. The van der Waals surface area contributed by atoms with Gasteiger partial charge < -0.3 is 9.84 Å². The number of hydrogen-bond donors (Lipinski definition) is 1. The molecule has 4 rings (SSSR count). The van der Waals surface area contributed by atoms with Gasteiger partial charge >= 0.3 is 0 Å². The third kappa shape index (κ3) is 6.29. The second-order valence-corrected chi connectivity index (χ2v) is 9.53. The number of carbonyl (C=O) groups excluding carboxylic acids is 1. The van der Waals surface area contributed by atoms with Crippen molar-refractivity contribution in [3.63, 3.8) is 0 Å². The topological polar surface area (TPSA) is 71.3 Å². The van der Waals surface area contributed by atoms with E-state index in [-0.39, 0.29) is 17.9 Å². The number of nitrogens with one attached hydrogen (secondary N) is 1. The summed E-state index contributed by atoms with van der Waals surface area (Å²) in [5, 5.41) is 7.47. The summed E-state index contributed by atoms with van der Waals surface area (Å²) in [6, 6.07) is 18.5. The van der Waals surface area contributed by atoms with Crippen LogP contribution in [0.4, 0.5) is 0 Å². The number of nitrogens with zero attached hydrogens (tertiary/aromatic N) is 3. The van der Waals surface area contributed by atoms with Crippen molar-refractivity contribution in [1.29, 1.82) is 0 Å². The second kappa shape index (κ2) is 10.8. The molecule has 2 aromatic carbocycles. The summed E-state index contributed by atoms with van der Waals surface area (Å²) in [6.45, 7) is 8.76. The minimum atomic E-state index is 0.0464. The molecule has 0 saturated carbocycles. The largest absolute Gasteiger partial charge is 0.349 e. The Hall–Kier alpha value is -2.99. The van der Waals surface area contributed by atoms with Gasteiger partial charge in [0.05, 0.1) is 12.6 Å². The molecule has 0 radical (unpaired) electrons. The molecule has 1 amide bonds. The molecule has 1 aromatic heterocycles. The standard InChI is InChI=1S/C27H34N4O2/c1-19(2)16-24(21-9-5-4-6-10-21)28-27(32)22-12-14-31(15-13-22)18-25-29-26(30-33-25)23-11-7-8-20(3)17-23/h4-11,17,19,22,24H,12-16,18H2,1-3H3,(H,28,32). The van der Waals surface area contributed by atoms with Crippen molar-refractivity contribution in [3.8, 4) is 11.4 Å². The van der Waals surface area contributed by atoms with Crippen LogP contribution < -0.4 is 5.32 Å². The Labute approximate surface area is 196 Å². The van der Waals surface area contributed by atoms with Crippen LogP contribution in [0.25, 0.3) is 11.4 Å². The molecule has 33 heavy (non-hydrogen) atoms. The van der Waals surface area contributed by atoms with E-state index in [0.717, 1.165) is 37.9 Å². The van der Waals surface area contributed by atoms with E-state index in [2.05, 4.69) is 65.4 Å². The van der Waals surface area contributed by atoms with Crippen molar-refractivity contribution >= 4 is 5.91 Å². The molecule has 0 aliphatic carbocycles. The Morgan fingerprint density at radius 2 is 1.88 bits per heavy atom. The Bertz CT molecular complexity index is 1040. The van der Waals surface area contributed by atoms with Crippen LogP contribution >= 0.6 is 0 Å². The molecular formula is C27H34N4O2. The smallest absolute Gasteiger partial charge is 0.241 e. The van der Waals surface area contributed by atoms with E-state index < -0.39 is 0 Å². The zero-order valence-electron chi connectivity index (χ0n) is 19.8. The molecule has 1 N–H and O–H groups in total. The third-order valence-electron chi connectivity index (χ3n) is 6.29. The van der Waals surface area contributed by atoms with Crippen molar-refractivity contribution in [2.75, 3.05) is 13.1 Å². The van der Waals surface area contributed by atoms with Crippen LogP contribution in [0.1, 0.15) is 56.2 Å². The van der Waals surface area contributed by atoms with Gasteiger partial charge in [0, 0.05) is 11.5 Å². The van der Waals surface area contributed by atoms with Crippen LogP contribution in [-0.2, 0) is 11.3 Å². The lowest BCUT2D eigenvalue weighted by atomic mass is 9.93. The molecular weight excluding hydrogens is 412 g/mol. The molecule has 1 fully saturated rings. The first-order chi connectivity index (χ1) is 16.0. The first kappa shape index (κ1) is 23.2. The minimum Gasteiger partial charge on any atom is -0.349 e. The maximum atomic E-state index is 13.0. The van der Waals surface area contributed by atoms with Crippen LogP contribution in [0.15, 0.2) is 59.1 Å². The summed E-state index contributed by atoms with van der Waals surface area (Å²) >= 11 is 0. The molecule has 6 nitrogen and oxygen atoms in total. The van der Waals surface area contributed by atoms with E-state index in [0.29, 0.717) is 24.2 Å². The highest BCUT2D eigenvalue weighted by Gasteiger charge is 2.28. The van der Waals surface area contributed by atoms with E-state index in [1.807, 2.05) is 30.3 Å². The van der Waals surface area contributed by atoms with Gasteiger partial charge in [0.1, 0.15) is 0 Å². The minimum absolute atomic E-state index is 0.0464. The van der Waals surface area contributed by atoms with Gasteiger partial charge in [-0.25, -0.2) is 0 Å². The first-order valence-corrected chi connectivity index (χ1v) is 11.9. The average molecular weight is 447 g/mol. The van der Waals surface area contributed by atoms with Gasteiger partial charge in [-0.15, -0.1) is 0 Å². The first-order valence-electron chi connectivity index (χ1n) is 11.9. The average Bonchev–Trinajstić information content (AvgIpc) is 3.28. The maximum Gasteiger partial charge on any atom is 0.241 e. The molecule has 0 bridgehead atoms. The molecule has 2 heterocycles. The summed E-state index contributed by atoms with van der Waals surface area (Å²) in [4.78, 5) is 19.9. The quantitative estimate of drug-likeness (QED) is 0.517. The monoisotopic (exact) mass is 446 g/mol. The van der Waals surface area contributed by atoms with Crippen LogP contribution in [0.2, 0.25) is 0 Å². The fraction of sp³-hybridized carbons (Fsp3) is 0.444. The highest BCUT2D eigenvalue weighted by Crippen LogP contribution is 2.25. The van der Waals surface area contributed by atoms with Crippen molar-refractivity contribution in [2.24, 2.45) is 11.8 Å². The van der Waals surface area contributed by atoms with Crippen molar-refractivity contribution < 1.29 is 9.32 Å². The van der Waals surface area contributed by atoms with Crippen LogP contribution in [-0.4, -0.2) is 34.0 Å². The Balaban J connectivity index is 1.30. The molecule has 1 saturated heterocycles. The Morgan fingerprint density at radius 3 is 2.58 bits per heavy atom. The fourth-order valence-corrected chi connectivity index (χ4v) is 4.49. The number of amides is 1. The van der Waals surface area contributed by atoms with Crippen molar-refractivity contribution in [2.45, 2.75) is 52.6 Å². The fourth-order valence-electron chi connectivity index (χ4n) is 4.49. The number of benzene rings is 2. The van der Waals surface area contributed by atoms with Gasteiger partial charge in [0.15, 0.2) is 0 Å². The van der Waals surface area contributed by atoms with Gasteiger partial charge in [0.2, 0.25) is 17.6 Å². The summed E-state index contributed by atoms with van der Waals surface area (Å²) < 4.78 is 5.49. The van der Waals surface area contributed by atoms with Crippen molar-refractivity contribution in [1.82, 2.24) is 20.4 Å². The van der Waals surface area contributed by atoms with Gasteiger partial charge in [-0.2, -0.15) is 4.98 Å². The van der Waals surface area contributed by atoms with Gasteiger partial charge in [0.25, 0.3) is 0 Å². The molecule has 1 atom stereocenters. The van der Waals surface area contributed by atoms with Gasteiger partial charge in [-0.3, -0.25) is 9.69 Å². The van der Waals surface area contributed by atoms with E-state index in [1.165, 1.54) is 11.1 Å². The lowest BCUT2D eigenvalue weighted by Gasteiger charge is -2.31. The summed E-state index contributed by atoms with van der Waals surface area (Å²) in [5.74, 6) is 1.97. The van der Waals surface area contributed by atoms with Gasteiger partial charge in [-0.05, 0) is 56.8 Å². The molecule has 0 spiro atoms. The number of aromatic nitrogens is 2. The van der Waals surface area contributed by atoms with E-state index >= 15 is 0 Å². The lowest BCUT2D eigenvalue weighted by Crippen LogP contribution is -2.41. The van der Waals surface area contributed by atoms with E-state index in [4.69, 9.17) is 4.52 Å². The number of hydrogen-bond acceptors (Lipinski definition) is 5. The molecule has 1 aliphatic rings. The summed E-state index contributed by atoms with van der Waals surface area (Å²) in [5.41, 5.74) is 3.31. The second-order valence-electron chi connectivity index (χ2n) is 9.53. The lowest BCUT2D eigenvalue weighted by molar-refractivity contribution is -0.127. The van der Waals surface area contributed by atoms with Gasteiger partial charge in [-0.1, -0.05) is 73.1 Å². The third-order valence-corrected chi connectivity index (χ3v) is 6.29. The molecule has 3 aromatic rings. The molecule has 174 valence electrons. The Morgan fingerprint density at radius 1 is 1.12 bits per heavy atom. The predicted octanol–water partition coefficient (Wildman–Crippen LogP) is 5.16. The Kier molecular flexibility index (Phi) is 7.55. The summed E-state index contributed by atoms with van der Waals surface area (Å²) in [6.07, 6.45) is 2.62.